The number of methoxy groups -OCH3 is 1. The van der Waals surface area contributed by atoms with Gasteiger partial charge in [0.25, 0.3) is 11.8 Å². The molecule has 0 aliphatic heterocycles. The minimum absolute atomic E-state index is 0.200. The summed E-state index contributed by atoms with van der Waals surface area (Å²) in [5.74, 6) is 0.875. The summed E-state index contributed by atoms with van der Waals surface area (Å²) >= 11 is 0. The van der Waals surface area contributed by atoms with E-state index in [1.807, 2.05) is 30.3 Å². The Kier molecular flexibility index (Phi) is 4.86. The van der Waals surface area contributed by atoms with Gasteiger partial charge in [-0.25, -0.2) is 4.39 Å². The molecule has 0 aliphatic rings. The van der Waals surface area contributed by atoms with Crippen molar-refractivity contribution in [3.63, 3.8) is 0 Å². The second-order valence-electron chi connectivity index (χ2n) is 5.99. The third-order valence-electron chi connectivity index (χ3n) is 4.21. The molecule has 0 radical (unpaired) electrons. The van der Waals surface area contributed by atoms with Crippen LogP contribution in [-0.4, -0.2) is 29.0 Å². The van der Waals surface area contributed by atoms with Crippen LogP contribution in [0.1, 0.15) is 5.76 Å². The zero-order valence-corrected chi connectivity index (χ0v) is 15.1. The molecule has 28 heavy (non-hydrogen) atoms. The van der Waals surface area contributed by atoms with Gasteiger partial charge in [0.05, 0.1) is 12.7 Å². The molecule has 4 aromatic rings. The molecule has 0 saturated carbocycles. The van der Waals surface area contributed by atoms with E-state index in [4.69, 9.17) is 19.4 Å². The fourth-order valence-electron chi connectivity index (χ4n) is 2.91. The van der Waals surface area contributed by atoms with E-state index >= 15 is 0 Å². The summed E-state index contributed by atoms with van der Waals surface area (Å²) in [5, 5.41) is 12.4. The number of rotatable bonds is 6. The van der Waals surface area contributed by atoms with Gasteiger partial charge in [-0.3, -0.25) is 0 Å². The molecule has 0 fully saturated rings. The number of halogens is 1. The van der Waals surface area contributed by atoms with Gasteiger partial charge in [-0.05, 0) is 18.7 Å². The van der Waals surface area contributed by atoms with Crippen LogP contribution in [-0.2, 0) is 6.42 Å². The highest BCUT2D eigenvalue weighted by atomic mass is 19.1. The Balaban J connectivity index is 1.82. The summed E-state index contributed by atoms with van der Waals surface area (Å²) in [7, 11) is 1.45. The van der Waals surface area contributed by atoms with Crippen LogP contribution in [0.3, 0.4) is 0 Å². The van der Waals surface area contributed by atoms with Crippen LogP contribution in [0.25, 0.3) is 34.2 Å². The summed E-state index contributed by atoms with van der Waals surface area (Å²) in [4.78, 5) is 0. The van der Waals surface area contributed by atoms with Gasteiger partial charge in [0.2, 0.25) is 0 Å². The average molecular weight is 380 g/mol. The van der Waals surface area contributed by atoms with Gasteiger partial charge in [0.1, 0.15) is 22.8 Å². The lowest BCUT2D eigenvalue weighted by molar-refractivity contribution is 0.386. The molecule has 2 aromatic heterocycles. The number of aromatic nitrogens is 3. The number of ether oxygens (including phenoxy) is 1. The molecular weight excluding hydrogens is 363 g/mol. The normalized spacial score (nSPS) is 11.0. The standard InChI is InChI=1S/C20H17FN4O3/c1-26-16-11-13(21)7-8-14(16)19-23-24-20(27-19)17-15(9-10-22)28-25-18(17)12-5-3-2-4-6-12/h2-8,11H,9-10,22H2,1H3. The quantitative estimate of drug-likeness (QED) is 0.544. The van der Waals surface area contributed by atoms with Gasteiger partial charge in [-0.15, -0.1) is 10.2 Å². The molecule has 0 saturated heterocycles. The Morgan fingerprint density at radius 3 is 2.61 bits per heavy atom. The van der Waals surface area contributed by atoms with E-state index in [0.29, 0.717) is 41.3 Å². The molecule has 0 spiro atoms. The molecule has 7 nitrogen and oxygen atoms in total. The fourth-order valence-corrected chi connectivity index (χ4v) is 2.91. The van der Waals surface area contributed by atoms with Crippen LogP contribution in [0.5, 0.6) is 5.75 Å². The number of benzene rings is 2. The van der Waals surface area contributed by atoms with E-state index in [1.54, 1.807) is 0 Å². The van der Waals surface area contributed by atoms with Crippen LogP contribution in [0.15, 0.2) is 57.5 Å². The molecule has 2 aromatic carbocycles. The van der Waals surface area contributed by atoms with E-state index in [-0.39, 0.29) is 11.8 Å². The molecule has 0 amide bonds. The maximum Gasteiger partial charge on any atom is 0.254 e. The zero-order chi connectivity index (χ0) is 19.5. The second-order valence-corrected chi connectivity index (χ2v) is 5.99. The summed E-state index contributed by atoms with van der Waals surface area (Å²) in [6.45, 7) is 0.378. The van der Waals surface area contributed by atoms with E-state index in [1.165, 1.54) is 25.3 Å². The first kappa shape index (κ1) is 17.9. The molecule has 8 heteroatoms. The maximum absolute atomic E-state index is 13.5. The lowest BCUT2D eigenvalue weighted by atomic mass is 10.0. The van der Waals surface area contributed by atoms with Crippen molar-refractivity contribution in [2.45, 2.75) is 6.42 Å². The lowest BCUT2D eigenvalue weighted by Gasteiger charge is -2.04. The van der Waals surface area contributed by atoms with Crippen molar-refractivity contribution >= 4 is 0 Å². The molecule has 2 heterocycles. The summed E-state index contributed by atoms with van der Waals surface area (Å²) < 4.78 is 30.1. The zero-order valence-electron chi connectivity index (χ0n) is 15.1. The molecule has 0 aliphatic carbocycles. The Morgan fingerprint density at radius 2 is 1.86 bits per heavy atom. The van der Waals surface area contributed by atoms with Crippen LogP contribution < -0.4 is 10.5 Å². The predicted octanol–water partition coefficient (Wildman–Crippen LogP) is 3.71. The first-order chi connectivity index (χ1) is 13.7. The third kappa shape index (κ3) is 3.25. The van der Waals surface area contributed by atoms with Gasteiger partial charge in [0.15, 0.2) is 5.76 Å². The first-order valence-corrected chi connectivity index (χ1v) is 8.63. The van der Waals surface area contributed by atoms with Crippen molar-refractivity contribution in [1.82, 2.24) is 15.4 Å². The van der Waals surface area contributed by atoms with Crippen LogP contribution in [0, 0.1) is 5.82 Å². The lowest BCUT2D eigenvalue weighted by Crippen LogP contribution is -2.02. The van der Waals surface area contributed by atoms with E-state index < -0.39 is 5.82 Å². The fraction of sp³-hybridized carbons (Fsp3) is 0.150. The van der Waals surface area contributed by atoms with Gasteiger partial charge in [0, 0.05) is 18.1 Å². The summed E-state index contributed by atoms with van der Waals surface area (Å²) in [6.07, 6.45) is 0.465. The smallest absolute Gasteiger partial charge is 0.254 e. The minimum atomic E-state index is -0.420. The molecule has 142 valence electrons. The highest BCUT2D eigenvalue weighted by Crippen LogP contribution is 2.37. The number of nitrogens with zero attached hydrogens (tertiary/aromatic N) is 3. The predicted molar refractivity (Wildman–Crippen MR) is 99.9 cm³/mol. The molecule has 0 atom stereocenters. The Morgan fingerprint density at radius 1 is 1.07 bits per heavy atom. The largest absolute Gasteiger partial charge is 0.496 e. The Hall–Kier alpha value is -3.52. The van der Waals surface area contributed by atoms with Crippen molar-refractivity contribution < 1.29 is 18.1 Å². The van der Waals surface area contributed by atoms with Crippen LogP contribution in [0.2, 0.25) is 0 Å². The molecule has 4 rings (SSSR count). The van der Waals surface area contributed by atoms with Crippen LogP contribution >= 0.6 is 0 Å². The highest BCUT2D eigenvalue weighted by molar-refractivity contribution is 5.78. The van der Waals surface area contributed by atoms with Crippen LogP contribution in [0.4, 0.5) is 4.39 Å². The number of hydrogen-bond donors (Lipinski definition) is 1. The van der Waals surface area contributed by atoms with Crippen molar-refractivity contribution in [2.24, 2.45) is 5.73 Å². The second kappa shape index (κ2) is 7.61. The molecular formula is C20H17FN4O3. The van der Waals surface area contributed by atoms with E-state index in [2.05, 4.69) is 15.4 Å². The SMILES string of the molecule is COc1cc(F)ccc1-c1nnc(-c2c(-c3ccccc3)noc2CCN)o1. The summed E-state index contributed by atoms with van der Waals surface area (Å²) in [6, 6.07) is 13.6. The maximum atomic E-state index is 13.5. The topological polar surface area (TPSA) is 100 Å². The molecule has 0 unspecified atom stereocenters. The first-order valence-electron chi connectivity index (χ1n) is 8.63. The Bertz CT molecular complexity index is 1090. The summed E-state index contributed by atoms with van der Waals surface area (Å²) in [5.41, 5.74) is 8.22. The van der Waals surface area contributed by atoms with Gasteiger partial charge < -0.3 is 19.4 Å². The molecule has 2 N–H and O–H groups in total. The van der Waals surface area contributed by atoms with Crippen molar-refractivity contribution in [3.05, 3.63) is 60.1 Å². The minimum Gasteiger partial charge on any atom is -0.496 e. The van der Waals surface area contributed by atoms with Gasteiger partial charge in [-0.2, -0.15) is 0 Å². The van der Waals surface area contributed by atoms with Crippen molar-refractivity contribution in [2.75, 3.05) is 13.7 Å². The average Bonchev–Trinajstić information content (AvgIpc) is 3.36. The van der Waals surface area contributed by atoms with E-state index in [9.17, 15) is 4.39 Å². The highest BCUT2D eigenvalue weighted by Gasteiger charge is 2.25. The van der Waals surface area contributed by atoms with Gasteiger partial charge >= 0.3 is 0 Å². The van der Waals surface area contributed by atoms with Crippen molar-refractivity contribution in [1.29, 1.82) is 0 Å². The molecule has 0 bridgehead atoms. The van der Waals surface area contributed by atoms with Gasteiger partial charge in [-0.1, -0.05) is 35.5 Å². The van der Waals surface area contributed by atoms with E-state index in [0.717, 1.165) is 5.56 Å². The van der Waals surface area contributed by atoms with Crippen molar-refractivity contribution in [3.8, 4) is 39.9 Å². The number of nitrogens with two attached hydrogens (primary N) is 1. The monoisotopic (exact) mass is 380 g/mol. The third-order valence-corrected chi connectivity index (χ3v) is 4.21. The Labute approximate surface area is 159 Å². The number of hydrogen-bond acceptors (Lipinski definition) is 7.